The molecule has 4 heteroatoms. The van der Waals surface area contributed by atoms with Gasteiger partial charge in [-0.1, -0.05) is 13.3 Å². The first-order valence-electron chi connectivity index (χ1n) is 7.15. The maximum atomic E-state index is 9.96. The number of ether oxygens (including phenoxy) is 1. The quantitative estimate of drug-likeness (QED) is 0.696. The molecular formula is C14H30N2O2. The molecule has 1 heterocycles. The second-order valence-electron chi connectivity index (χ2n) is 6.05. The summed E-state index contributed by atoms with van der Waals surface area (Å²) in [6.45, 7) is 11.7. The van der Waals surface area contributed by atoms with Crippen molar-refractivity contribution in [1.29, 1.82) is 0 Å². The van der Waals surface area contributed by atoms with Crippen molar-refractivity contribution in [3.63, 3.8) is 0 Å². The smallest absolute Gasteiger partial charge is 0.0900 e. The van der Waals surface area contributed by atoms with Crippen LogP contribution in [0.2, 0.25) is 0 Å². The average molecular weight is 258 g/mol. The van der Waals surface area contributed by atoms with Gasteiger partial charge in [-0.25, -0.2) is 0 Å². The molecule has 1 unspecified atom stereocenters. The standard InChI is InChI=1S/C14H30N2O2/c1-5-6-9-18-11-13(17)10-16-8-7-15(4)14(2,3)12-16/h13,17H,5-12H2,1-4H3. The normalized spacial score (nSPS) is 23.2. The molecular weight excluding hydrogens is 228 g/mol. The summed E-state index contributed by atoms with van der Waals surface area (Å²) in [6.07, 6.45) is 1.86. The fourth-order valence-corrected chi connectivity index (χ4v) is 2.31. The zero-order valence-corrected chi connectivity index (χ0v) is 12.5. The van der Waals surface area contributed by atoms with Crippen LogP contribution < -0.4 is 0 Å². The van der Waals surface area contributed by atoms with Gasteiger partial charge in [0.2, 0.25) is 0 Å². The van der Waals surface area contributed by atoms with Gasteiger partial charge >= 0.3 is 0 Å². The van der Waals surface area contributed by atoms with E-state index in [1.165, 1.54) is 0 Å². The van der Waals surface area contributed by atoms with E-state index in [2.05, 4.69) is 37.6 Å². The van der Waals surface area contributed by atoms with Crippen LogP contribution in [0.1, 0.15) is 33.6 Å². The molecule has 0 aliphatic carbocycles. The molecule has 18 heavy (non-hydrogen) atoms. The highest BCUT2D eigenvalue weighted by molar-refractivity contribution is 4.88. The van der Waals surface area contributed by atoms with E-state index in [-0.39, 0.29) is 11.6 Å². The van der Waals surface area contributed by atoms with Crippen molar-refractivity contribution >= 4 is 0 Å². The molecule has 0 saturated carbocycles. The molecule has 1 rings (SSSR count). The van der Waals surface area contributed by atoms with Crippen LogP contribution in [0.25, 0.3) is 0 Å². The molecule has 4 nitrogen and oxygen atoms in total. The van der Waals surface area contributed by atoms with Crippen molar-refractivity contribution < 1.29 is 9.84 Å². The predicted octanol–water partition coefficient (Wildman–Crippen LogP) is 1.19. The Morgan fingerprint density at radius 3 is 2.67 bits per heavy atom. The van der Waals surface area contributed by atoms with Crippen LogP contribution in [0.5, 0.6) is 0 Å². The second-order valence-corrected chi connectivity index (χ2v) is 6.05. The summed E-state index contributed by atoms with van der Waals surface area (Å²) in [5.74, 6) is 0. The van der Waals surface area contributed by atoms with Crippen LogP contribution in [0.15, 0.2) is 0 Å². The molecule has 1 aliphatic rings. The molecule has 0 aromatic heterocycles. The lowest BCUT2D eigenvalue weighted by molar-refractivity contribution is -0.0155. The van der Waals surface area contributed by atoms with Crippen molar-refractivity contribution in [1.82, 2.24) is 9.80 Å². The summed E-state index contributed by atoms with van der Waals surface area (Å²) < 4.78 is 5.46. The SMILES string of the molecule is CCCCOCC(O)CN1CCN(C)C(C)(C)C1. The molecule has 0 bridgehead atoms. The first kappa shape index (κ1) is 15.9. The van der Waals surface area contributed by atoms with Crippen LogP contribution in [0.4, 0.5) is 0 Å². The number of aliphatic hydroxyl groups is 1. The topological polar surface area (TPSA) is 35.9 Å². The van der Waals surface area contributed by atoms with Crippen molar-refractivity contribution in [2.45, 2.75) is 45.3 Å². The Labute approximate surface area is 112 Å². The summed E-state index contributed by atoms with van der Waals surface area (Å²) in [5, 5.41) is 9.96. The third kappa shape index (κ3) is 5.22. The van der Waals surface area contributed by atoms with Crippen LogP contribution in [-0.4, -0.2) is 73.0 Å². The number of likely N-dealkylation sites (N-methyl/N-ethyl adjacent to an activating group) is 1. The lowest BCUT2D eigenvalue weighted by atomic mass is 9.99. The summed E-state index contributed by atoms with van der Waals surface area (Å²) in [4.78, 5) is 4.72. The van der Waals surface area contributed by atoms with Crippen LogP contribution in [-0.2, 0) is 4.74 Å². The van der Waals surface area contributed by atoms with Crippen molar-refractivity contribution in [3.05, 3.63) is 0 Å². The summed E-state index contributed by atoms with van der Waals surface area (Å²) in [6, 6.07) is 0. The molecule has 1 fully saturated rings. The Morgan fingerprint density at radius 2 is 2.06 bits per heavy atom. The number of hydrogen-bond acceptors (Lipinski definition) is 4. The minimum absolute atomic E-state index is 0.195. The Bertz CT molecular complexity index is 234. The fourth-order valence-electron chi connectivity index (χ4n) is 2.31. The lowest BCUT2D eigenvalue weighted by Crippen LogP contribution is -2.58. The minimum Gasteiger partial charge on any atom is -0.389 e. The van der Waals surface area contributed by atoms with Gasteiger partial charge in [0.1, 0.15) is 0 Å². The highest BCUT2D eigenvalue weighted by atomic mass is 16.5. The number of unbranched alkanes of at least 4 members (excludes halogenated alkanes) is 1. The maximum absolute atomic E-state index is 9.96. The van der Waals surface area contributed by atoms with E-state index < -0.39 is 0 Å². The fraction of sp³-hybridized carbons (Fsp3) is 1.00. The van der Waals surface area contributed by atoms with Crippen LogP contribution in [0.3, 0.4) is 0 Å². The number of nitrogens with zero attached hydrogens (tertiary/aromatic N) is 2. The van der Waals surface area contributed by atoms with E-state index in [0.29, 0.717) is 6.61 Å². The molecule has 0 radical (unpaired) electrons. The molecule has 1 atom stereocenters. The lowest BCUT2D eigenvalue weighted by Gasteiger charge is -2.45. The number of rotatable bonds is 7. The molecule has 1 aliphatic heterocycles. The third-order valence-electron chi connectivity index (χ3n) is 3.82. The average Bonchev–Trinajstić information content (AvgIpc) is 2.29. The Kier molecular flexibility index (Phi) is 6.57. The Hall–Kier alpha value is -0.160. The van der Waals surface area contributed by atoms with Crippen LogP contribution >= 0.6 is 0 Å². The highest BCUT2D eigenvalue weighted by Gasteiger charge is 2.31. The predicted molar refractivity (Wildman–Crippen MR) is 74.9 cm³/mol. The Morgan fingerprint density at radius 1 is 1.33 bits per heavy atom. The van der Waals surface area contributed by atoms with Crippen LogP contribution in [0, 0.1) is 0 Å². The Balaban J connectivity index is 2.22. The van der Waals surface area contributed by atoms with Gasteiger partial charge in [-0.15, -0.1) is 0 Å². The van der Waals surface area contributed by atoms with Gasteiger partial charge in [0.15, 0.2) is 0 Å². The van der Waals surface area contributed by atoms with Gasteiger partial charge < -0.3 is 9.84 Å². The zero-order valence-electron chi connectivity index (χ0n) is 12.5. The summed E-state index contributed by atoms with van der Waals surface area (Å²) in [5.41, 5.74) is 0.195. The number of hydrogen-bond donors (Lipinski definition) is 1. The molecule has 0 aromatic carbocycles. The zero-order chi connectivity index (χ0) is 13.6. The van der Waals surface area contributed by atoms with Gasteiger partial charge in [0, 0.05) is 38.3 Å². The van der Waals surface area contributed by atoms with Gasteiger partial charge in [0.05, 0.1) is 12.7 Å². The molecule has 0 spiro atoms. The number of piperazine rings is 1. The number of β-amino-alcohol motifs (C(OH)–C–C–N with tert-alkyl or cyclic N) is 1. The highest BCUT2D eigenvalue weighted by Crippen LogP contribution is 2.18. The van der Waals surface area contributed by atoms with Crippen molar-refractivity contribution in [3.8, 4) is 0 Å². The van der Waals surface area contributed by atoms with Gasteiger partial charge in [0.25, 0.3) is 0 Å². The van der Waals surface area contributed by atoms with E-state index >= 15 is 0 Å². The molecule has 108 valence electrons. The second kappa shape index (κ2) is 7.43. The van der Waals surface area contributed by atoms with Gasteiger partial charge in [-0.3, -0.25) is 9.80 Å². The summed E-state index contributed by atoms with van der Waals surface area (Å²) in [7, 11) is 2.17. The number of aliphatic hydroxyl groups excluding tert-OH is 1. The molecule has 0 aromatic rings. The maximum Gasteiger partial charge on any atom is 0.0900 e. The van der Waals surface area contributed by atoms with E-state index in [1.807, 2.05) is 0 Å². The molecule has 0 amide bonds. The van der Waals surface area contributed by atoms with E-state index in [0.717, 1.165) is 45.6 Å². The minimum atomic E-state index is -0.360. The third-order valence-corrected chi connectivity index (χ3v) is 3.82. The van der Waals surface area contributed by atoms with Gasteiger partial charge in [-0.05, 0) is 27.3 Å². The monoisotopic (exact) mass is 258 g/mol. The van der Waals surface area contributed by atoms with Gasteiger partial charge in [-0.2, -0.15) is 0 Å². The van der Waals surface area contributed by atoms with E-state index in [1.54, 1.807) is 0 Å². The molecule has 1 N–H and O–H groups in total. The van der Waals surface area contributed by atoms with Crippen molar-refractivity contribution in [2.75, 3.05) is 46.4 Å². The van der Waals surface area contributed by atoms with E-state index in [4.69, 9.17) is 4.74 Å². The van der Waals surface area contributed by atoms with Crippen molar-refractivity contribution in [2.24, 2.45) is 0 Å². The first-order chi connectivity index (χ1) is 8.45. The largest absolute Gasteiger partial charge is 0.389 e. The first-order valence-corrected chi connectivity index (χ1v) is 7.15. The molecule has 1 saturated heterocycles. The van der Waals surface area contributed by atoms with E-state index in [9.17, 15) is 5.11 Å². The summed E-state index contributed by atoms with van der Waals surface area (Å²) >= 11 is 0.